The smallest absolute Gasteiger partial charge is 0.423 e. The molecule has 1 aliphatic heterocycles. The highest BCUT2D eigenvalue weighted by Gasteiger charge is 2.28. The van der Waals surface area contributed by atoms with E-state index in [0.29, 0.717) is 31.9 Å². The Balaban J connectivity index is 2.02. The van der Waals surface area contributed by atoms with Gasteiger partial charge in [0.05, 0.1) is 5.25 Å². The number of piperidine rings is 1. The van der Waals surface area contributed by atoms with Crippen LogP contribution >= 0.6 is 0 Å². The molecule has 0 aliphatic carbocycles. The molecule has 0 bridgehead atoms. The number of anilines is 1. The first-order valence-corrected chi connectivity index (χ1v) is 7.43. The van der Waals surface area contributed by atoms with Gasteiger partial charge in [0.25, 0.3) is 0 Å². The predicted octanol–water partition coefficient (Wildman–Crippen LogP) is -2.59. The number of hydrogen-bond acceptors (Lipinski definition) is 7. The fraction of sp³-hybridized carbons (Fsp3) is 0.556. The van der Waals surface area contributed by atoms with Gasteiger partial charge in [-0.1, -0.05) is 0 Å². The molecule has 0 spiro atoms. The molecule has 1 fully saturated rings. The zero-order valence-electron chi connectivity index (χ0n) is 10.2. The van der Waals surface area contributed by atoms with Gasteiger partial charge in [0.2, 0.25) is 16.0 Å². The minimum absolute atomic E-state index is 0.211. The van der Waals surface area contributed by atoms with E-state index in [1.54, 1.807) is 0 Å². The number of aromatic nitrogens is 2. The maximum atomic E-state index is 11.2. The van der Waals surface area contributed by atoms with Crippen molar-refractivity contribution < 1.29 is 18.5 Å². The molecule has 8 nitrogen and oxygen atoms in total. The average Bonchev–Trinajstić information content (AvgIpc) is 2.38. The third kappa shape index (κ3) is 3.41. The third-order valence-corrected chi connectivity index (χ3v) is 4.55. The minimum Gasteiger partial charge on any atom is -0.423 e. The number of hydrogen-bond donors (Lipinski definition) is 3. The largest absolute Gasteiger partial charge is 0.491 e. The summed E-state index contributed by atoms with van der Waals surface area (Å²) >= 11 is 0. The predicted molar refractivity (Wildman–Crippen MR) is 70.2 cm³/mol. The molecular weight excluding hydrogens is 271 g/mol. The molecule has 1 aromatic heterocycles. The van der Waals surface area contributed by atoms with Gasteiger partial charge in [-0.2, -0.15) is 0 Å². The van der Waals surface area contributed by atoms with Crippen LogP contribution in [0.2, 0.25) is 0 Å². The first kappa shape index (κ1) is 14.2. The number of sulfonamides is 1. The van der Waals surface area contributed by atoms with E-state index in [1.807, 2.05) is 4.90 Å². The van der Waals surface area contributed by atoms with Crippen LogP contribution in [0.15, 0.2) is 12.4 Å². The highest BCUT2D eigenvalue weighted by atomic mass is 32.2. The van der Waals surface area contributed by atoms with Crippen molar-refractivity contribution >= 4 is 28.6 Å². The van der Waals surface area contributed by atoms with Gasteiger partial charge in [-0.15, -0.1) is 0 Å². The van der Waals surface area contributed by atoms with Crippen LogP contribution in [0.1, 0.15) is 12.8 Å². The number of nitrogens with two attached hydrogens (primary N) is 1. The Hall–Kier alpha value is -1.23. The van der Waals surface area contributed by atoms with Gasteiger partial charge in [0.1, 0.15) is 0 Å². The molecule has 19 heavy (non-hydrogen) atoms. The maximum Gasteiger partial charge on any atom is 0.491 e. The monoisotopic (exact) mass is 286 g/mol. The van der Waals surface area contributed by atoms with Crippen LogP contribution in [-0.4, -0.2) is 53.9 Å². The molecule has 104 valence electrons. The molecule has 0 aromatic carbocycles. The lowest BCUT2D eigenvalue weighted by Gasteiger charge is -2.30. The van der Waals surface area contributed by atoms with Gasteiger partial charge < -0.3 is 14.9 Å². The summed E-state index contributed by atoms with van der Waals surface area (Å²) in [4.78, 5) is 9.89. The van der Waals surface area contributed by atoms with Crippen molar-refractivity contribution in [1.29, 1.82) is 0 Å². The fourth-order valence-corrected chi connectivity index (χ4v) is 2.88. The van der Waals surface area contributed by atoms with Gasteiger partial charge in [0.15, 0.2) is 0 Å². The molecule has 1 aromatic rings. The van der Waals surface area contributed by atoms with E-state index in [1.165, 1.54) is 12.4 Å². The van der Waals surface area contributed by atoms with E-state index in [-0.39, 0.29) is 5.46 Å². The molecule has 1 saturated heterocycles. The molecule has 1 aliphatic rings. The molecular formula is C9H15BN4O4S. The van der Waals surface area contributed by atoms with E-state index in [9.17, 15) is 8.42 Å². The van der Waals surface area contributed by atoms with Crippen molar-refractivity contribution in [2.75, 3.05) is 18.0 Å². The van der Waals surface area contributed by atoms with Gasteiger partial charge >= 0.3 is 7.12 Å². The van der Waals surface area contributed by atoms with Crippen LogP contribution < -0.4 is 15.5 Å². The first-order valence-electron chi connectivity index (χ1n) is 5.82. The quantitative estimate of drug-likeness (QED) is 0.520. The number of rotatable bonds is 3. The molecule has 10 heteroatoms. The van der Waals surface area contributed by atoms with Crippen molar-refractivity contribution in [2.24, 2.45) is 5.14 Å². The number of nitrogens with zero attached hydrogens (tertiary/aromatic N) is 3. The van der Waals surface area contributed by atoms with E-state index in [0.717, 1.165) is 0 Å². The Morgan fingerprint density at radius 3 is 2.21 bits per heavy atom. The second kappa shape index (κ2) is 5.41. The summed E-state index contributed by atoms with van der Waals surface area (Å²) in [7, 11) is -5.08. The molecule has 0 atom stereocenters. The molecule has 0 radical (unpaired) electrons. The van der Waals surface area contributed by atoms with Crippen LogP contribution in [-0.2, 0) is 10.0 Å². The average molecular weight is 286 g/mol. The van der Waals surface area contributed by atoms with Crippen molar-refractivity contribution in [2.45, 2.75) is 18.1 Å². The normalized spacial score (nSPS) is 17.5. The van der Waals surface area contributed by atoms with Crippen molar-refractivity contribution in [1.82, 2.24) is 9.97 Å². The fourth-order valence-electron chi connectivity index (χ4n) is 2.01. The Bertz CT molecular complexity index is 528. The van der Waals surface area contributed by atoms with Gasteiger partial charge in [-0.3, -0.25) is 0 Å². The van der Waals surface area contributed by atoms with Crippen molar-refractivity contribution in [3.63, 3.8) is 0 Å². The van der Waals surface area contributed by atoms with Crippen LogP contribution in [0.25, 0.3) is 0 Å². The van der Waals surface area contributed by atoms with Crippen molar-refractivity contribution in [3.05, 3.63) is 12.4 Å². The molecule has 4 N–H and O–H groups in total. The molecule has 2 rings (SSSR count). The van der Waals surface area contributed by atoms with Crippen LogP contribution in [0, 0.1) is 0 Å². The Morgan fingerprint density at radius 1 is 1.26 bits per heavy atom. The third-order valence-electron chi connectivity index (χ3n) is 3.15. The summed E-state index contributed by atoms with van der Waals surface area (Å²) < 4.78 is 22.4. The molecule has 0 saturated carbocycles. The summed E-state index contributed by atoms with van der Waals surface area (Å²) in [5, 5.41) is 22.5. The standard InChI is InChI=1S/C9H15BN4O4S/c11-19(17,18)8-1-3-14(4-2-8)9-12-5-7(6-13-9)10(15)16/h5-6,8,15-16H,1-4H2,(H2,11,17,18). The van der Waals surface area contributed by atoms with Gasteiger partial charge in [0, 0.05) is 30.9 Å². The maximum absolute atomic E-state index is 11.2. The zero-order chi connectivity index (χ0) is 14.0. The lowest BCUT2D eigenvalue weighted by Crippen LogP contribution is -2.42. The summed E-state index contributed by atoms with van der Waals surface area (Å²) in [6.45, 7) is 1.00. The van der Waals surface area contributed by atoms with Gasteiger partial charge in [-0.05, 0) is 12.8 Å². The molecule has 0 unspecified atom stereocenters. The Morgan fingerprint density at radius 2 is 1.79 bits per heavy atom. The first-order chi connectivity index (χ1) is 8.88. The summed E-state index contributed by atoms with van der Waals surface area (Å²) in [6, 6.07) is 0. The van der Waals surface area contributed by atoms with E-state index in [2.05, 4.69) is 9.97 Å². The number of primary sulfonamides is 1. The van der Waals surface area contributed by atoms with Crippen molar-refractivity contribution in [3.8, 4) is 0 Å². The SMILES string of the molecule is NS(=O)(=O)C1CCN(c2ncc(B(O)O)cn2)CC1. The van der Waals surface area contributed by atoms with Crippen LogP contribution in [0.3, 0.4) is 0 Å². The topological polar surface area (TPSA) is 130 Å². The highest BCUT2D eigenvalue weighted by molar-refractivity contribution is 7.89. The summed E-state index contributed by atoms with van der Waals surface area (Å²) in [5.74, 6) is 0.442. The lowest BCUT2D eigenvalue weighted by molar-refractivity contribution is 0.425. The van der Waals surface area contributed by atoms with Gasteiger partial charge in [-0.25, -0.2) is 23.5 Å². The molecule has 0 amide bonds. The van der Waals surface area contributed by atoms with Crippen LogP contribution in [0.5, 0.6) is 0 Å². The van der Waals surface area contributed by atoms with Crippen LogP contribution in [0.4, 0.5) is 5.95 Å². The van der Waals surface area contributed by atoms with E-state index < -0.39 is 22.4 Å². The lowest BCUT2D eigenvalue weighted by atomic mass is 9.83. The second-order valence-corrected chi connectivity index (χ2v) is 6.31. The Kier molecular flexibility index (Phi) is 4.04. The summed E-state index contributed by atoms with van der Waals surface area (Å²) in [6.07, 6.45) is 3.54. The van der Waals surface area contributed by atoms with E-state index in [4.69, 9.17) is 15.2 Å². The summed E-state index contributed by atoms with van der Waals surface area (Å²) in [5.41, 5.74) is 0.211. The minimum atomic E-state index is -3.48. The zero-order valence-corrected chi connectivity index (χ0v) is 11.0. The highest BCUT2D eigenvalue weighted by Crippen LogP contribution is 2.18. The second-order valence-electron chi connectivity index (χ2n) is 4.47. The molecule has 2 heterocycles. The Labute approximate surface area is 111 Å². The van der Waals surface area contributed by atoms with E-state index >= 15 is 0 Å².